The van der Waals surface area contributed by atoms with Crippen LogP contribution < -0.4 is 0 Å². The summed E-state index contributed by atoms with van der Waals surface area (Å²) in [6, 6.07) is 50.4. The van der Waals surface area contributed by atoms with E-state index >= 15 is 0 Å². The molecule has 8 nitrogen and oxygen atoms in total. The van der Waals surface area contributed by atoms with Gasteiger partial charge in [-0.3, -0.25) is 19.2 Å². The Hall–Kier alpha value is -6.02. The molecule has 0 aliphatic carbocycles. The maximum Gasteiger partial charge on any atom is 0.309 e. The fourth-order valence-corrected chi connectivity index (χ4v) is 8.52. The summed E-state index contributed by atoms with van der Waals surface area (Å²) in [5.41, 5.74) is 5.81. The van der Waals surface area contributed by atoms with Gasteiger partial charge in [0.1, 0.15) is 6.61 Å². The standard InChI is InChI=1S/C20H24O2.C16H24O2.C15H22O2.C14H20O2/c1-16(2)13-19(14-17-9-5-3-6-10-17)20(21)22-15-18-11-7-4-8-12-18;1-4-10-18-16(17)15(11-13(2)3)12-14-8-6-5-7-9-14;1-4-17-15(16)14(10-12(2)3)11-13-8-6-5-7-9-13;1-11(2)9-13(14(15)16-3)10-12-7-5-4-6-8-12/h3-12,16,19H,13-15H2,1-2H3;5-9,13,15H,4,10-12H2,1-3H3;5-9,12,14H,4,10-11H2,1-3H3;4-8,11,13H,9-10H2,1-3H3. The highest BCUT2D eigenvalue weighted by Crippen LogP contribution is 2.23. The SMILES string of the molecule is CC(C)CC(Cc1ccccc1)C(=O)OCc1ccccc1.CCCOC(=O)C(Cc1ccccc1)CC(C)C.CCOC(=O)C(Cc1ccccc1)CC(C)C.COC(=O)C(Cc1ccccc1)CC(C)C. The molecule has 0 fully saturated rings. The summed E-state index contributed by atoms with van der Waals surface area (Å²) in [5.74, 6) is 1.56. The van der Waals surface area contributed by atoms with Crippen LogP contribution in [0.15, 0.2) is 152 Å². The first-order valence-electron chi connectivity index (χ1n) is 26.8. The molecule has 5 rings (SSSR count). The van der Waals surface area contributed by atoms with Gasteiger partial charge in [0.25, 0.3) is 0 Å². The Morgan fingerprint density at radius 1 is 0.356 bits per heavy atom. The molecule has 398 valence electrons. The number of benzene rings is 5. The molecule has 0 saturated heterocycles. The Morgan fingerprint density at radius 3 is 0.877 bits per heavy atom. The Bertz CT molecular complexity index is 2170. The van der Waals surface area contributed by atoms with E-state index in [1.165, 1.54) is 29.4 Å². The zero-order valence-corrected chi connectivity index (χ0v) is 46.3. The third-order valence-electron chi connectivity index (χ3n) is 11.8. The highest BCUT2D eigenvalue weighted by Gasteiger charge is 2.24. The molecule has 0 aliphatic rings. The predicted molar refractivity (Wildman–Crippen MR) is 299 cm³/mol. The van der Waals surface area contributed by atoms with Crippen molar-refractivity contribution >= 4 is 23.9 Å². The third-order valence-corrected chi connectivity index (χ3v) is 11.8. The fraction of sp³-hybridized carbons (Fsp3) is 0.477. The lowest BCUT2D eigenvalue weighted by molar-refractivity contribution is -0.151. The van der Waals surface area contributed by atoms with E-state index in [9.17, 15) is 19.2 Å². The van der Waals surface area contributed by atoms with Crippen molar-refractivity contribution in [2.45, 2.75) is 134 Å². The average Bonchev–Trinajstić information content (AvgIpc) is 3.38. The number of ether oxygens (including phenoxy) is 4. The van der Waals surface area contributed by atoms with Crippen molar-refractivity contribution in [3.8, 4) is 0 Å². The smallest absolute Gasteiger partial charge is 0.309 e. The van der Waals surface area contributed by atoms with Gasteiger partial charge in [-0.2, -0.15) is 0 Å². The van der Waals surface area contributed by atoms with Crippen molar-refractivity contribution in [2.75, 3.05) is 20.3 Å². The molecule has 4 unspecified atom stereocenters. The molecule has 0 bridgehead atoms. The molecule has 0 aliphatic heterocycles. The van der Waals surface area contributed by atoms with Crippen LogP contribution in [0.25, 0.3) is 0 Å². The second-order valence-corrected chi connectivity index (χ2v) is 20.6. The summed E-state index contributed by atoms with van der Waals surface area (Å²) in [5, 5.41) is 0. The Balaban J connectivity index is 0.000000336. The number of carbonyl (C=O) groups is 4. The van der Waals surface area contributed by atoms with Crippen molar-refractivity contribution < 1.29 is 38.1 Å². The third kappa shape index (κ3) is 29.3. The Morgan fingerprint density at radius 2 is 0.616 bits per heavy atom. The molecule has 73 heavy (non-hydrogen) atoms. The highest BCUT2D eigenvalue weighted by atomic mass is 16.5. The maximum absolute atomic E-state index is 12.4. The topological polar surface area (TPSA) is 105 Å². The van der Waals surface area contributed by atoms with Gasteiger partial charge >= 0.3 is 23.9 Å². The number of hydrogen-bond acceptors (Lipinski definition) is 8. The summed E-state index contributed by atoms with van der Waals surface area (Å²) < 4.78 is 20.8. The summed E-state index contributed by atoms with van der Waals surface area (Å²) >= 11 is 0. The Kier molecular flexibility index (Phi) is 32.6. The zero-order chi connectivity index (χ0) is 53.8. The predicted octanol–water partition coefficient (Wildman–Crippen LogP) is 15.0. The van der Waals surface area contributed by atoms with Crippen molar-refractivity contribution in [3.05, 3.63) is 179 Å². The average molecular weight is 999 g/mol. The van der Waals surface area contributed by atoms with Crippen LogP contribution in [0.4, 0.5) is 0 Å². The minimum absolute atomic E-state index is 0.0149. The van der Waals surface area contributed by atoms with E-state index in [2.05, 4.69) is 104 Å². The molecule has 8 heteroatoms. The second kappa shape index (κ2) is 37.7. The Labute approximate surface area is 441 Å². The van der Waals surface area contributed by atoms with Gasteiger partial charge in [-0.1, -0.05) is 214 Å². The summed E-state index contributed by atoms with van der Waals surface area (Å²) in [4.78, 5) is 47.9. The number of methoxy groups -OCH3 is 1. The van der Waals surface area contributed by atoms with Gasteiger partial charge in [0.2, 0.25) is 0 Å². The molecule has 0 amide bonds. The van der Waals surface area contributed by atoms with Crippen molar-refractivity contribution in [2.24, 2.45) is 47.3 Å². The lowest BCUT2D eigenvalue weighted by Crippen LogP contribution is -2.22. The van der Waals surface area contributed by atoms with Crippen LogP contribution in [0.2, 0.25) is 0 Å². The van der Waals surface area contributed by atoms with E-state index in [-0.39, 0.29) is 47.5 Å². The van der Waals surface area contributed by atoms with E-state index in [0.29, 0.717) is 43.5 Å². The fourth-order valence-electron chi connectivity index (χ4n) is 8.52. The van der Waals surface area contributed by atoms with E-state index < -0.39 is 0 Å². The summed E-state index contributed by atoms with van der Waals surface area (Å²) in [6.07, 6.45) is 7.44. The van der Waals surface area contributed by atoms with Crippen LogP contribution in [0.1, 0.15) is 129 Å². The minimum Gasteiger partial charge on any atom is -0.469 e. The van der Waals surface area contributed by atoms with Gasteiger partial charge in [-0.05, 0) is 116 Å². The van der Waals surface area contributed by atoms with Crippen molar-refractivity contribution in [1.29, 1.82) is 0 Å². The number of rotatable bonds is 25. The van der Waals surface area contributed by atoms with Gasteiger partial charge < -0.3 is 18.9 Å². The first kappa shape index (κ1) is 63.1. The normalized spacial score (nSPS) is 12.4. The first-order valence-corrected chi connectivity index (χ1v) is 26.8. The molecule has 5 aromatic rings. The van der Waals surface area contributed by atoms with Crippen molar-refractivity contribution in [1.82, 2.24) is 0 Å². The number of carbonyl (C=O) groups excluding carboxylic acids is 4. The van der Waals surface area contributed by atoms with Crippen LogP contribution in [-0.2, 0) is 70.4 Å². The molecule has 4 atom stereocenters. The molecule has 0 N–H and O–H groups in total. The summed E-state index contributed by atoms with van der Waals surface area (Å²) in [6.45, 7) is 22.3. The van der Waals surface area contributed by atoms with E-state index in [1.807, 2.05) is 117 Å². The van der Waals surface area contributed by atoms with Gasteiger partial charge in [-0.15, -0.1) is 0 Å². The molecule has 5 aromatic carbocycles. The van der Waals surface area contributed by atoms with Crippen LogP contribution in [0, 0.1) is 47.3 Å². The van der Waals surface area contributed by atoms with Crippen LogP contribution in [-0.4, -0.2) is 44.2 Å². The first-order chi connectivity index (χ1) is 35.0. The maximum atomic E-state index is 12.4. The second-order valence-electron chi connectivity index (χ2n) is 20.6. The highest BCUT2D eigenvalue weighted by molar-refractivity contribution is 5.74. The molecule has 0 aromatic heterocycles. The lowest BCUT2D eigenvalue weighted by Gasteiger charge is -2.18. The van der Waals surface area contributed by atoms with Crippen LogP contribution >= 0.6 is 0 Å². The van der Waals surface area contributed by atoms with Gasteiger partial charge in [0.05, 0.1) is 44.0 Å². The van der Waals surface area contributed by atoms with Gasteiger partial charge in [-0.25, -0.2) is 0 Å². The van der Waals surface area contributed by atoms with Crippen LogP contribution in [0.5, 0.6) is 0 Å². The molecule has 0 heterocycles. The summed E-state index contributed by atoms with van der Waals surface area (Å²) in [7, 11) is 1.46. The zero-order valence-electron chi connectivity index (χ0n) is 46.3. The van der Waals surface area contributed by atoms with Gasteiger partial charge in [0, 0.05) is 0 Å². The molecular weight excluding hydrogens is 909 g/mol. The number of esters is 4. The number of hydrogen-bond donors (Lipinski definition) is 0. The van der Waals surface area contributed by atoms with E-state index in [0.717, 1.165) is 63.4 Å². The van der Waals surface area contributed by atoms with E-state index in [1.54, 1.807) is 0 Å². The monoisotopic (exact) mass is 999 g/mol. The van der Waals surface area contributed by atoms with Gasteiger partial charge in [0.15, 0.2) is 0 Å². The molecule has 0 spiro atoms. The van der Waals surface area contributed by atoms with Crippen molar-refractivity contribution in [3.63, 3.8) is 0 Å². The van der Waals surface area contributed by atoms with Crippen LogP contribution in [0.3, 0.4) is 0 Å². The largest absolute Gasteiger partial charge is 0.469 e. The molecule has 0 radical (unpaired) electrons. The quantitative estimate of drug-likeness (QED) is 0.0421. The molecule has 0 saturated carbocycles. The lowest BCUT2D eigenvalue weighted by atomic mass is 9.91. The minimum atomic E-state index is -0.0995. The van der Waals surface area contributed by atoms with E-state index in [4.69, 9.17) is 18.9 Å². The molecular formula is C65H90O8.